The highest BCUT2D eigenvalue weighted by atomic mass is 35.5. The van der Waals surface area contributed by atoms with Crippen molar-refractivity contribution in [2.45, 2.75) is 6.54 Å². The van der Waals surface area contributed by atoms with Gasteiger partial charge in [0.15, 0.2) is 16.3 Å². The van der Waals surface area contributed by atoms with Crippen LogP contribution in [0.3, 0.4) is 0 Å². The number of halogens is 1. The Bertz CT molecular complexity index is 1860. The molecular formula is C29H30ClN7O6S. The van der Waals surface area contributed by atoms with Crippen molar-refractivity contribution < 1.29 is 19.1 Å². The lowest BCUT2D eigenvalue weighted by Crippen LogP contribution is -2.50. The van der Waals surface area contributed by atoms with Crippen molar-refractivity contribution >= 4 is 63.7 Å². The molecule has 0 unspecified atom stereocenters. The van der Waals surface area contributed by atoms with E-state index in [1.165, 1.54) is 31.9 Å². The van der Waals surface area contributed by atoms with Crippen molar-refractivity contribution in [1.82, 2.24) is 23.6 Å². The standard InChI is InChI=1S/C29H30ClN7O6S/c1-33-23-22(24(38)34(2)29(33)41)37(16-17-5-7-20(30)8-6-17)27(32-23)35-9-11-36(12-10-35)28(44)31-21-14-18(25(39)42-3)13-19(15-21)26(40)43-4/h5-8,13-15H,9-12,16H2,1-4H3,(H,31,44). The molecule has 0 saturated carbocycles. The first-order valence-electron chi connectivity index (χ1n) is 13.6. The molecule has 3 heterocycles. The Hall–Kier alpha value is -4.69. The molecule has 1 N–H and O–H groups in total. The number of nitrogens with zero attached hydrogens (tertiary/aromatic N) is 6. The first-order valence-corrected chi connectivity index (χ1v) is 14.3. The molecule has 1 aliphatic rings. The number of carbonyl (C=O) groups excluding carboxylic acids is 2. The van der Waals surface area contributed by atoms with Crippen molar-refractivity contribution in [3.8, 4) is 0 Å². The van der Waals surface area contributed by atoms with Gasteiger partial charge in [0.1, 0.15) is 0 Å². The number of aryl methyl sites for hydroxylation is 1. The predicted molar refractivity (Wildman–Crippen MR) is 170 cm³/mol. The van der Waals surface area contributed by atoms with Crippen molar-refractivity contribution in [1.29, 1.82) is 0 Å². The van der Waals surface area contributed by atoms with Gasteiger partial charge in [-0.15, -0.1) is 0 Å². The number of fused-ring (bicyclic) bond motifs is 1. The van der Waals surface area contributed by atoms with E-state index in [0.717, 1.165) is 10.1 Å². The molecule has 230 valence electrons. The number of methoxy groups -OCH3 is 2. The maximum atomic E-state index is 13.3. The fourth-order valence-corrected chi connectivity index (χ4v) is 5.51. The van der Waals surface area contributed by atoms with Gasteiger partial charge in [0.2, 0.25) is 5.95 Å². The van der Waals surface area contributed by atoms with Gasteiger partial charge in [-0.1, -0.05) is 23.7 Å². The minimum absolute atomic E-state index is 0.172. The van der Waals surface area contributed by atoms with Crippen LogP contribution in [0.5, 0.6) is 0 Å². The third-order valence-electron chi connectivity index (χ3n) is 7.46. The van der Waals surface area contributed by atoms with Gasteiger partial charge in [0.05, 0.1) is 31.9 Å². The van der Waals surface area contributed by atoms with Crippen LogP contribution in [-0.4, -0.2) is 81.0 Å². The highest BCUT2D eigenvalue weighted by Gasteiger charge is 2.27. The number of esters is 2. The average Bonchev–Trinajstić information content (AvgIpc) is 3.41. The molecule has 1 saturated heterocycles. The lowest BCUT2D eigenvalue weighted by molar-refractivity contribution is 0.0599. The number of hydrogen-bond donors (Lipinski definition) is 1. The summed E-state index contributed by atoms with van der Waals surface area (Å²) in [4.78, 5) is 59.1. The van der Waals surface area contributed by atoms with Crippen molar-refractivity contribution in [2.75, 3.05) is 50.6 Å². The maximum absolute atomic E-state index is 13.3. The first kappa shape index (κ1) is 30.8. The van der Waals surface area contributed by atoms with E-state index in [-0.39, 0.29) is 11.1 Å². The van der Waals surface area contributed by atoms with Gasteiger partial charge in [0.25, 0.3) is 5.56 Å². The molecule has 0 aliphatic carbocycles. The fourth-order valence-electron chi connectivity index (χ4n) is 5.08. The summed E-state index contributed by atoms with van der Waals surface area (Å²) in [5.74, 6) is -0.653. The molecule has 5 rings (SSSR count). The SMILES string of the molecule is COC(=O)c1cc(NC(=S)N2CCN(c3nc4c(c(=O)n(C)c(=O)n4C)n3Cc3ccc(Cl)cc3)CC2)cc(C(=O)OC)c1. The van der Waals surface area contributed by atoms with Gasteiger partial charge in [-0.3, -0.25) is 18.5 Å². The molecule has 2 aromatic carbocycles. The zero-order chi connectivity index (χ0) is 31.7. The van der Waals surface area contributed by atoms with Crippen LogP contribution in [0.15, 0.2) is 52.1 Å². The minimum Gasteiger partial charge on any atom is -0.465 e. The van der Waals surface area contributed by atoms with E-state index in [4.69, 9.17) is 38.3 Å². The highest BCUT2D eigenvalue weighted by molar-refractivity contribution is 7.80. The van der Waals surface area contributed by atoms with Crippen LogP contribution in [0.2, 0.25) is 5.02 Å². The van der Waals surface area contributed by atoms with Gasteiger partial charge in [-0.05, 0) is 48.1 Å². The molecule has 4 aromatic rings. The Labute approximate surface area is 262 Å². The second-order valence-corrected chi connectivity index (χ2v) is 11.0. The summed E-state index contributed by atoms with van der Waals surface area (Å²) < 4.78 is 13.9. The van der Waals surface area contributed by atoms with Gasteiger partial charge >= 0.3 is 17.6 Å². The summed E-state index contributed by atoms with van der Waals surface area (Å²) in [7, 11) is 5.55. The number of benzene rings is 2. The second-order valence-electron chi connectivity index (χ2n) is 10.2. The number of aromatic nitrogens is 4. The fraction of sp³-hybridized carbons (Fsp3) is 0.310. The predicted octanol–water partition coefficient (Wildman–Crippen LogP) is 2.23. The van der Waals surface area contributed by atoms with E-state index >= 15 is 0 Å². The van der Waals surface area contributed by atoms with E-state index in [9.17, 15) is 19.2 Å². The number of imidazole rings is 1. The number of carbonyl (C=O) groups is 2. The summed E-state index contributed by atoms with van der Waals surface area (Å²) in [5, 5.41) is 4.11. The number of rotatable bonds is 6. The quantitative estimate of drug-likeness (QED) is 0.246. The average molecular weight is 640 g/mol. The molecule has 15 heteroatoms. The van der Waals surface area contributed by atoms with Crippen molar-refractivity contribution in [3.63, 3.8) is 0 Å². The molecule has 1 aliphatic heterocycles. The number of piperazine rings is 1. The van der Waals surface area contributed by atoms with Crippen LogP contribution in [0.1, 0.15) is 26.3 Å². The largest absolute Gasteiger partial charge is 0.465 e. The van der Waals surface area contributed by atoms with Crippen LogP contribution >= 0.6 is 23.8 Å². The summed E-state index contributed by atoms with van der Waals surface area (Å²) in [6.07, 6.45) is 0. The summed E-state index contributed by atoms with van der Waals surface area (Å²) >= 11 is 11.8. The summed E-state index contributed by atoms with van der Waals surface area (Å²) in [6.45, 7) is 2.38. The molecule has 1 fully saturated rings. The van der Waals surface area contributed by atoms with Gasteiger partial charge < -0.3 is 24.6 Å². The van der Waals surface area contributed by atoms with E-state index < -0.39 is 23.2 Å². The van der Waals surface area contributed by atoms with Crippen LogP contribution in [0, 0.1) is 0 Å². The van der Waals surface area contributed by atoms with E-state index in [2.05, 4.69) is 5.32 Å². The highest BCUT2D eigenvalue weighted by Crippen LogP contribution is 2.24. The smallest absolute Gasteiger partial charge is 0.337 e. The summed E-state index contributed by atoms with van der Waals surface area (Å²) in [5.41, 5.74) is 1.42. The van der Waals surface area contributed by atoms with Crippen LogP contribution in [0.4, 0.5) is 11.6 Å². The normalized spacial score (nSPS) is 13.2. The minimum atomic E-state index is -0.604. The molecule has 0 atom stereocenters. The Morgan fingerprint density at radius 1 is 0.932 bits per heavy atom. The second kappa shape index (κ2) is 12.5. The van der Waals surface area contributed by atoms with E-state index in [0.29, 0.717) is 65.7 Å². The number of hydrogen-bond acceptors (Lipinski definition) is 9. The Morgan fingerprint density at radius 3 is 2.09 bits per heavy atom. The third kappa shape index (κ3) is 5.90. The first-order chi connectivity index (χ1) is 21.0. The Kier molecular flexibility index (Phi) is 8.74. The number of thiocarbonyl (C=S) groups is 1. The molecule has 0 spiro atoms. The molecule has 0 bridgehead atoms. The molecule has 44 heavy (non-hydrogen) atoms. The monoisotopic (exact) mass is 639 g/mol. The van der Waals surface area contributed by atoms with Crippen molar-refractivity contribution in [3.05, 3.63) is 85.0 Å². The van der Waals surface area contributed by atoms with Crippen LogP contribution in [-0.2, 0) is 30.1 Å². The van der Waals surface area contributed by atoms with Gasteiger partial charge in [-0.25, -0.2) is 14.4 Å². The zero-order valence-corrected chi connectivity index (χ0v) is 26.1. The molecule has 0 radical (unpaired) electrons. The van der Waals surface area contributed by atoms with Crippen LogP contribution in [0.25, 0.3) is 11.2 Å². The molecule has 2 aromatic heterocycles. The molecule has 0 amide bonds. The molecular weight excluding hydrogens is 610 g/mol. The third-order valence-corrected chi connectivity index (χ3v) is 8.07. The van der Waals surface area contributed by atoms with Crippen LogP contribution < -0.4 is 21.5 Å². The van der Waals surface area contributed by atoms with Crippen molar-refractivity contribution in [2.24, 2.45) is 14.1 Å². The number of nitrogens with one attached hydrogen (secondary N) is 1. The zero-order valence-electron chi connectivity index (χ0n) is 24.5. The number of anilines is 2. The topological polar surface area (TPSA) is 133 Å². The van der Waals surface area contributed by atoms with E-state index in [1.807, 2.05) is 26.5 Å². The van der Waals surface area contributed by atoms with Gasteiger partial charge in [-0.2, -0.15) is 4.98 Å². The maximum Gasteiger partial charge on any atom is 0.337 e. The lowest BCUT2D eigenvalue weighted by atomic mass is 10.1. The number of ether oxygens (including phenoxy) is 2. The van der Waals surface area contributed by atoms with Gasteiger partial charge in [0, 0.05) is 51.0 Å². The molecule has 13 nitrogen and oxygen atoms in total. The lowest BCUT2D eigenvalue weighted by Gasteiger charge is -2.36. The summed E-state index contributed by atoms with van der Waals surface area (Å²) in [6, 6.07) is 11.8. The Morgan fingerprint density at radius 2 is 1.52 bits per heavy atom. The van der Waals surface area contributed by atoms with E-state index in [1.54, 1.807) is 31.3 Å². The Balaban J connectivity index is 1.40.